The van der Waals surface area contributed by atoms with Crippen molar-refractivity contribution in [3.8, 4) is 5.69 Å². The average molecular weight is 383 g/mol. The van der Waals surface area contributed by atoms with Gasteiger partial charge >= 0.3 is 5.97 Å². The number of rotatable bonds is 3. The summed E-state index contributed by atoms with van der Waals surface area (Å²) in [7, 11) is 0. The number of halogens is 1. The molecule has 0 aliphatic carbocycles. The van der Waals surface area contributed by atoms with Gasteiger partial charge in [0.1, 0.15) is 0 Å². The highest BCUT2D eigenvalue weighted by Crippen LogP contribution is 2.32. The number of esters is 1. The summed E-state index contributed by atoms with van der Waals surface area (Å²) < 4.78 is 8.95. The standard InChI is InChI=1S/C20H19ClN4O2/c1-5-27-19(26)17-13(4)23-20-24(17)15-7-6-8-22-18(15)25(20)16-12(3)9-11(2)10-14(16)21/h6-10H,5H2,1-4H3. The normalized spacial score (nSPS) is 11.4. The Bertz CT molecular complexity index is 1180. The Balaban J connectivity index is 2.17. The minimum absolute atomic E-state index is 0.297. The number of aromatic nitrogens is 4. The molecule has 138 valence electrons. The number of hydrogen-bond donors (Lipinski definition) is 0. The number of pyridine rings is 1. The Morgan fingerprint density at radius 2 is 2.04 bits per heavy atom. The molecule has 0 saturated carbocycles. The van der Waals surface area contributed by atoms with Crippen molar-refractivity contribution in [3.63, 3.8) is 0 Å². The van der Waals surface area contributed by atoms with Crippen molar-refractivity contribution in [2.45, 2.75) is 27.7 Å². The maximum absolute atomic E-state index is 12.6. The van der Waals surface area contributed by atoms with Crippen molar-refractivity contribution >= 4 is 34.5 Å². The largest absolute Gasteiger partial charge is 0.461 e. The van der Waals surface area contributed by atoms with E-state index in [0.29, 0.717) is 34.4 Å². The molecule has 6 nitrogen and oxygen atoms in total. The van der Waals surface area contributed by atoms with Gasteiger partial charge < -0.3 is 4.74 Å². The lowest BCUT2D eigenvalue weighted by molar-refractivity contribution is 0.0518. The lowest BCUT2D eigenvalue weighted by Gasteiger charge is -2.11. The van der Waals surface area contributed by atoms with Gasteiger partial charge in [0.05, 0.1) is 28.5 Å². The quantitative estimate of drug-likeness (QED) is 0.492. The molecule has 0 saturated heterocycles. The van der Waals surface area contributed by atoms with Crippen molar-refractivity contribution in [2.75, 3.05) is 6.61 Å². The second-order valence-corrected chi connectivity index (χ2v) is 6.90. The van der Waals surface area contributed by atoms with Crippen LogP contribution in [0, 0.1) is 20.8 Å². The van der Waals surface area contributed by atoms with Gasteiger partial charge in [0.15, 0.2) is 11.3 Å². The Labute approximate surface area is 161 Å². The van der Waals surface area contributed by atoms with E-state index in [1.54, 1.807) is 24.4 Å². The molecule has 0 radical (unpaired) electrons. The lowest BCUT2D eigenvalue weighted by atomic mass is 10.1. The van der Waals surface area contributed by atoms with E-state index in [9.17, 15) is 4.79 Å². The molecular formula is C20H19ClN4O2. The number of nitrogens with zero attached hydrogens (tertiary/aromatic N) is 4. The summed E-state index contributed by atoms with van der Waals surface area (Å²) in [6.07, 6.45) is 1.71. The summed E-state index contributed by atoms with van der Waals surface area (Å²) >= 11 is 6.61. The zero-order valence-corrected chi connectivity index (χ0v) is 16.3. The summed E-state index contributed by atoms with van der Waals surface area (Å²) in [6, 6.07) is 7.72. The van der Waals surface area contributed by atoms with Gasteiger partial charge in [-0.25, -0.2) is 14.8 Å². The van der Waals surface area contributed by atoms with E-state index < -0.39 is 5.97 Å². The van der Waals surface area contributed by atoms with Gasteiger partial charge in [-0.3, -0.25) is 8.97 Å². The first-order chi connectivity index (χ1) is 12.9. The SMILES string of the molecule is CCOC(=O)c1c(C)nc2n(-c3c(C)cc(C)cc3Cl)c3ncccc3n12. The third-order valence-corrected chi connectivity index (χ3v) is 4.83. The molecular weight excluding hydrogens is 364 g/mol. The molecule has 4 rings (SSSR count). The van der Waals surface area contributed by atoms with Gasteiger partial charge in [-0.2, -0.15) is 0 Å². The number of fused-ring (bicyclic) bond motifs is 3. The van der Waals surface area contributed by atoms with Crippen LogP contribution in [0.3, 0.4) is 0 Å². The average Bonchev–Trinajstić information content (AvgIpc) is 3.08. The van der Waals surface area contributed by atoms with E-state index in [1.165, 1.54) is 0 Å². The number of hydrogen-bond acceptors (Lipinski definition) is 4. The molecule has 0 spiro atoms. The molecule has 7 heteroatoms. The van der Waals surface area contributed by atoms with Gasteiger partial charge in [0.2, 0.25) is 5.78 Å². The fraction of sp³-hybridized carbons (Fsp3) is 0.250. The van der Waals surface area contributed by atoms with Gasteiger partial charge in [-0.05, 0) is 57.0 Å². The highest BCUT2D eigenvalue weighted by molar-refractivity contribution is 6.32. The number of benzene rings is 1. The topological polar surface area (TPSA) is 61.4 Å². The van der Waals surface area contributed by atoms with E-state index in [4.69, 9.17) is 16.3 Å². The van der Waals surface area contributed by atoms with Crippen molar-refractivity contribution < 1.29 is 9.53 Å². The fourth-order valence-corrected chi connectivity index (χ4v) is 3.96. The molecule has 0 amide bonds. The monoisotopic (exact) mass is 382 g/mol. The summed E-state index contributed by atoms with van der Waals surface area (Å²) in [4.78, 5) is 21.8. The van der Waals surface area contributed by atoms with E-state index in [0.717, 1.165) is 22.3 Å². The summed E-state index contributed by atoms with van der Waals surface area (Å²) in [5, 5.41) is 0.607. The molecule has 27 heavy (non-hydrogen) atoms. The molecule has 3 aromatic heterocycles. The van der Waals surface area contributed by atoms with Crippen LogP contribution >= 0.6 is 11.6 Å². The highest BCUT2D eigenvalue weighted by Gasteiger charge is 2.26. The van der Waals surface area contributed by atoms with Crippen LogP contribution in [0.2, 0.25) is 5.02 Å². The molecule has 3 heterocycles. The minimum atomic E-state index is -0.405. The molecule has 0 atom stereocenters. The van der Waals surface area contributed by atoms with E-state index in [-0.39, 0.29) is 0 Å². The van der Waals surface area contributed by atoms with Crippen molar-refractivity contribution in [1.82, 2.24) is 18.9 Å². The maximum Gasteiger partial charge on any atom is 0.357 e. The van der Waals surface area contributed by atoms with E-state index in [2.05, 4.69) is 16.0 Å². The van der Waals surface area contributed by atoms with Crippen LogP contribution < -0.4 is 0 Å². The van der Waals surface area contributed by atoms with Gasteiger partial charge in [-0.1, -0.05) is 17.7 Å². The highest BCUT2D eigenvalue weighted by atomic mass is 35.5. The van der Waals surface area contributed by atoms with Crippen LogP contribution in [0.25, 0.3) is 22.6 Å². The predicted octanol–water partition coefficient (Wildman–Crippen LogP) is 4.43. The first-order valence-electron chi connectivity index (χ1n) is 8.72. The zero-order valence-electron chi connectivity index (χ0n) is 15.6. The van der Waals surface area contributed by atoms with Crippen LogP contribution in [-0.4, -0.2) is 31.5 Å². The van der Waals surface area contributed by atoms with Crippen molar-refractivity contribution in [3.05, 3.63) is 58.0 Å². The first kappa shape index (κ1) is 17.5. The Morgan fingerprint density at radius 1 is 1.26 bits per heavy atom. The van der Waals surface area contributed by atoms with Crippen LogP contribution in [0.15, 0.2) is 30.5 Å². The molecule has 4 aromatic rings. The van der Waals surface area contributed by atoms with Crippen molar-refractivity contribution in [1.29, 1.82) is 0 Å². The number of ether oxygens (including phenoxy) is 1. The Hall–Kier alpha value is -2.86. The van der Waals surface area contributed by atoms with Gasteiger partial charge in [0.25, 0.3) is 0 Å². The summed E-state index contributed by atoms with van der Waals surface area (Å²) in [5.41, 5.74) is 5.35. The van der Waals surface area contributed by atoms with Crippen LogP contribution in [-0.2, 0) is 4.74 Å². The minimum Gasteiger partial charge on any atom is -0.461 e. The summed E-state index contributed by atoms with van der Waals surface area (Å²) in [6.45, 7) is 7.89. The molecule has 0 aliphatic heterocycles. The van der Waals surface area contributed by atoms with Crippen LogP contribution in [0.1, 0.15) is 34.2 Å². The Morgan fingerprint density at radius 3 is 2.74 bits per heavy atom. The molecule has 0 fully saturated rings. The third kappa shape index (κ3) is 2.59. The van der Waals surface area contributed by atoms with E-state index >= 15 is 0 Å². The second kappa shape index (κ2) is 6.39. The number of carbonyl (C=O) groups is 1. The third-order valence-electron chi connectivity index (χ3n) is 4.54. The number of carbonyl (C=O) groups excluding carboxylic acids is 1. The molecule has 0 bridgehead atoms. The van der Waals surface area contributed by atoms with E-state index in [1.807, 2.05) is 36.6 Å². The van der Waals surface area contributed by atoms with Gasteiger partial charge in [0, 0.05) is 6.20 Å². The molecule has 0 N–H and O–H groups in total. The number of aryl methyl sites for hydroxylation is 3. The summed E-state index contributed by atoms with van der Waals surface area (Å²) in [5.74, 6) is 0.176. The lowest BCUT2D eigenvalue weighted by Crippen LogP contribution is -2.09. The fourth-order valence-electron chi connectivity index (χ4n) is 3.56. The van der Waals surface area contributed by atoms with Gasteiger partial charge in [-0.15, -0.1) is 0 Å². The molecule has 0 unspecified atom stereocenters. The smallest absolute Gasteiger partial charge is 0.357 e. The van der Waals surface area contributed by atoms with Crippen LogP contribution in [0.5, 0.6) is 0 Å². The Kier molecular flexibility index (Phi) is 4.15. The molecule has 0 aliphatic rings. The van der Waals surface area contributed by atoms with Crippen molar-refractivity contribution in [2.24, 2.45) is 0 Å². The molecule has 1 aromatic carbocycles. The zero-order chi connectivity index (χ0) is 19.3. The first-order valence-corrected chi connectivity index (χ1v) is 9.10. The predicted molar refractivity (Wildman–Crippen MR) is 105 cm³/mol. The maximum atomic E-state index is 12.6. The number of imidazole rings is 2. The van der Waals surface area contributed by atoms with Crippen LogP contribution in [0.4, 0.5) is 0 Å². The second-order valence-electron chi connectivity index (χ2n) is 6.50.